The van der Waals surface area contributed by atoms with Gasteiger partial charge in [-0.2, -0.15) is 5.10 Å². The van der Waals surface area contributed by atoms with Crippen molar-refractivity contribution in [3.8, 4) is 5.82 Å². The number of rotatable bonds is 5. The summed E-state index contributed by atoms with van der Waals surface area (Å²) in [5.74, 6) is 0.730. The van der Waals surface area contributed by atoms with Crippen LogP contribution in [-0.4, -0.2) is 29.2 Å². The highest BCUT2D eigenvalue weighted by molar-refractivity contribution is 7.89. The van der Waals surface area contributed by atoms with E-state index in [9.17, 15) is 8.42 Å². The second-order valence-corrected chi connectivity index (χ2v) is 8.09. The minimum atomic E-state index is -3.60. The van der Waals surface area contributed by atoms with Crippen molar-refractivity contribution < 1.29 is 8.42 Å². The van der Waals surface area contributed by atoms with Gasteiger partial charge in [-0.25, -0.2) is 22.8 Å². The third-order valence-corrected chi connectivity index (χ3v) is 5.81. The Hall–Kier alpha value is -2.22. The van der Waals surface area contributed by atoms with Gasteiger partial charge in [0.2, 0.25) is 10.0 Å². The van der Waals surface area contributed by atoms with Crippen LogP contribution in [0.2, 0.25) is 5.02 Å². The standard InChI is InChI=1S/C17H15ClN4O2S/c18-13-9-20-22(11-13)17-7-6-14(10-19-17)25(23,24)21-16-8-15(16)12-4-2-1-3-5-12/h1-7,9-11,15-16,21H,8H2/t15-,16+/m1/s1. The highest BCUT2D eigenvalue weighted by atomic mass is 35.5. The van der Waals surface area contributed by atoms with E-state index in [2.05, 4.69) is 14.8 Å². The molecule has 128 valence electrons. The minimum absolute atomic E-state index is 0.0722. The monoisotopic (exact) mass is 374 g/mol. The predicted octanol–water partition coefficient (Wildman–Crippen LogP) is 2.76. The van der Waals surface area contributed by atoms with Gasteiger partial charge >= 0.3 is 0 Å². The zero-order valence-electron chi connectivity index (χ0n) is 13.1. The van der Waals surface area contributed by atoms with Crippen LogP contribution in [0.5, 0.6) is 0 Å². The highest BCUT2D eigenvalue weighted by Gasteiger charge is 2.41. The van der Waals surface area contributed by atoms with Crippen LogP contribution in [0.25, 0.3) is 5.82 Å². The van der Waals surface area contributed by atoms with E-state index in [-0.39, 0.29) is 16.9 Å². The molecule has 0 unspecified atom stereocenters. The molecule has 1 saturated carbocycles. The molecule has 2 heterocycles. The highest BCUT2D eigenvalue weighted by Crippen LogP contribution is 2.41. The molecule has 0 aliphatic heterocycles. The summed E-state index contributed by atoms with van der Waals surface area (Å²) in [5.41, 5.74) is 1.15. The van der Waals surface area contributed by atoms with Crippen molar-refractivity contribution in [2.45, 2.75) is 23.3 Å². The van der Waals surface area contributed by atoms with Gasteiger partial charge in [0.15, 0.2) is 5.82 Å². The van der Waals surface area contributed by atoms with E-state index >= 15 is 0 Å². The Kier molecular flexibility index (Phi) is 4.07. The fraction of sp³-hybridized carbons (Fsp3) is 0.176. The summed E-state index contributed by atoms with van der Waals surface area (Å²) in [6, 6.07) is 12.9. The molecule has 0 amide bonds. The van der Waals surface area contributed by atoms with E-state index in [4.69, 9.17) is 11.6 Å². The number of benzene rings is 1. The van der Waals surface area contributed by atoms with Crippen LogP contribution in [0.3, 0.4) is 0 Å². The fourth-order valence-corrected chi connectivity index (χ4v) is 4.12. The number of nitrogens with zero attached hydrogens (tertiary/aromatic N) is 3. The van der Waals surface area contributed by atoms with Crippen molar-refractivity contribution in [3.63, 3.8) is 0 Å². The molecule has 4 rings (SSSR count). The van der Waals surface area contributed by atoms with Crippen molar-refractivity contribution in [1.29, 1.82) is 0 Å². The van der Waals surface area contributed by atoms with Crippen molar-refractivity contribution in [1.82, 2.24) is 19.5 Å². The van der Waals surface area contributed by atoms with Crippen LogP contribution in [0.1, 0.15) is 17.9 Å². The number of halogens is 1. The van der Waals surface area contributed by atoms with E-state index < -0.39 is 10.0 Å². The molecule has 1 aliphatic carbocycles. The summed E-state index contributed by atoms with van der Waals surface area (Å²) in [5, 5.41) is 4.52. The topological polar surface area (TPSA) is 76.9 Å². The third kappa shape index (κ3) is 3.44. The van der Waals surface area contributed by atoms with Gasteiger partial charge in [0, 0.05) is 18.2 Å². The quantitative estimate of drug-likeness (QED) is 0.745. The van der Waals surface area contributed by atoms with Gasteiger partial charge in [0.05, 0.1) is 17.4 Å². The first-order valence-electron chi connectivity index (χ1n) is 7.77. The van der Waals surface area contributed by atoms with Crippen molar-refractivity contribution in [2.24, 2.45) is 0 Å². The Bertz CT molecular complexity index is 987. The molecule has 8 heteroatoms. The largest absolute Gasteiger partial charge is 0.242 e. The van der Waals surface area contributed by atoms with E-state index in [0.29, 0.717) is 10.8 Å². The molecule has 2 atom stereocenters. The van der Waals surface area contributed by atoms with Gasteiger partial charge in [-0.15, -0.1) is 0 Å². The first-order chi connectivity index (χ1) is 12.0. The SMILES string of the molecule is O=S(=O)(N[C@H]1C[C@@H]1c1ccccc1)c1ccc(-n2cc(Cl)cn2)nc1. The molecular formula is C17H15ClN4O2S. The first-order valence-corrected chi connectivity index (χ1v) is 9.63. The van der Waals surface area contributed by atoms with Crippen LogP contribution < -0.4 is 4.72 Å². The number of hydrogen-bond donors (Lipinski definition) is 1. The van der Waals surface area contributed by atoms with Gasteiger partial charge < -0.3 is 0 Å². The molecular weight excluding hydrogens is 360 g/mol. The number of sulfonamides is 1. The lowest BCUT2D eigenvalue weighted by molar-refractivity contribution is 0.579. The molecule has 3 aromatic rings. The molecule has 1 fully saturated rings. The summed E-state index contributed by atoms with van der Waals surface area (Å²) in [6.07, 6.45) is 5.23. The number of nitrogens with one attached hydrogen (secondary N) is 1. The molecule has 2 aromatic heterocycles. The maximum absolute atomic E-state index is 12.5. The molecule has 1 aliphatic rings. The van der Waals surface area contributed by atoms with E-state index in [1.54, 1.807) is 12.3 Å². The van der Waals surface area contributed by atoms with Crippen molar-refractivity contribution in [2.75, 3.05) is 0 Å². The molecule has 0 spiro atoms. The summed E-state index contributed by atoms with van der Waals surface area (Å²) in [4.78, 5) is 4.29. The third-order valence-electron chi connectivity index (χ3n) is 4.14. The van der Waals surface area contributed by atoms with E-state index in [1.807, 2.05) is 30.3 Å². The molecule has 0 saturated heterocycles. The van der Waals surface area contributed by atoms with Gasteiger partial charge in [-0.3, -0.25) is 0 Å². The van der Waals surface area contributed by atoms with Gasteiger partial charge in [0.25, 0.3) is 0 Å². The average molecular weight is 375 g/mol. The van der Waals surface area contributed by atoms with Gasteiger partial charge in [0.1, 0.15) is 4.90 Å². The Morgan fingerprint density at radius 3 is 2.56 bits per heavy atom. The summed E-state index contributed by atoms with van der Waals surface area (Å²) >= 11 is 5.83. The summed E-state index contributed by atoms with van der Waals surface area (Å²) in [6.45, 7) is 0. The summed E-state index contributed by atoms with van der Waals surface area (Å²) in [7, 11) is -3.60. The second-order valence-electron chi connectivity index (χ2n) is 5.94. The van der Waals surface area contributed by atoms with Crippen LogP contribution in [0.15, 0.2) is 66.0 Å². The smallest absolute Gasteiger partial charge is 0.236 e. The van der Waals surface area contributed by atoms with Crippen LogP contribution in [0.4, 0.5) is 0 Å². The lowest BCUT2D eigenvalue weighted by Gasteiger charge is -2.07. The lowest BCUT2D eigenvalue weighted by atomic mass is 10.1. The summed E-state index contributed by atoms with van der Waals surface area (Å²) < 4.78 is 29.3. The van der Waals surface area contributed by atoms with Gasteiger partial charge in [-0.1, -0.05) is 41.9 Å². The Morgan fingerprint density at radius 1 is 1.12 bits per heavy atom. The maximum Gasteiger partial charge on any atom is 0.242 e. The normalized spacial score (nSPS) is 19.7. The molecule has 6 nitrogen and oxygen atoms in total. The number of pyridine rings is 1. The average Bonchev–Trinajstić information content (AvgIpc) is 3.24. The lowest BCUT2D eigenvalue weighted by Crippen LogP contribution is -2.27. The Morgan fingerprint density at radius 2 is 1.92 bits per heavy atom. The van der Waals surface area contributed by atoms with E-state index in [0.717, 1.165) is 12.0 Å². The van der Waals surface area contributed by atoms with Crippen molar-refractivity contribution >= 4 is 21.6 Å². The predicted molar refractivity (Wildman–Crippen MR) is 94.3 cm³/mol. The molecule has 25 heavy (non-hydrogen) atoms. The first kappa shape index (κ1) is 16.3. The zero-order valence-corrected chi connectivity index (χ0v) is 14.7. The number of hydrogen-bond acceptors (Lipinski definition) is 4. The Labute approximate surface area is 150 Å². The molecule has 0 radical (unpaired) electrons. The van der Waals surface area contributed by atoms with E-state index in [1.165, 1.54) is 23.1 Å². The van der Waals surface area contributed by atoms with Crippen LogP contribution >= 0.6 is 11.6 Å². The van der Waals surface area contributed by atoms with Gasteiger partial charge in [-0.05, 0) is 24.1 Å². The molecule has 1 N–H and O–H groups in total. The van der Waals surface area contributed by atoms with Crippen LogP contribution in [-0.2, 0) is 10.0 Å². The molecule has 0 bridgehead atoms. The minimum Gasteiger partial charge on any atom is -0.236 e. The van der Waals surface area contributed by atoms with Crippen molar-refractivity contribution in [3.05, 3.63) is 71.6 Å². The zero-order chi connectivity index (χ0) is 17.4. The Balaban J connectivity index is 1.48. The molecule has 1 aromatic carbocycles. The fourth-order valence-electron chi connectivity index (χ4n) is 2.75. The second kappa shape index (κ2) is 6.25. The number of aromatic nitrogens is 3. The van der Waals surface area contributed by atoms with Crippen LogP contribution in [0, 0.1) is 0 Å². The maximum atomic E-state index is 12.5.